The minimum absolute atomic E-state index is 0.0907. The van der Waals surface area contributed by atoms with Crippen LogP contribution in [0.1, 0.15) is 36.7 Å². The highest BCUT2D eigenvalue weighted by molar-refractivity contribution is 7.90. The van der Waals surface area contributed by atoms with Crippen LogP contribution < -0.4 is 9.46 Å². The van der Waals surface area contributed by atoms with Gasteiger partial charge in [0.05, 0.1) is 13.2 Å². The fourth-order valence-electron chi connectivity index (χ4n) is 3.14. The Bertz CT molecular complexity index is 1260. The molecule has 2 aromatic carbocycles. The van der Waals surface area contributed by atoms with E-state index in [1.807, 2.05) is 20.8 Å². The Kier molecular flexibility index (Phi) is 5.59. The fraction of sp³-hybridized carbons (Fsp3) is 0.273. The molecule has 0 saturated heterocycles. The molecule has 7 nitrogen and oxygen atoms in total. The monoisotopic (exact) mass is 425 g/mol. The van der Waals surface area contributed by atoms with E-state index >= 15 is 0 Å². The van der Waals surface area contributed by atoms with Crippen molar-refractivity contribution >= 4 is 26.8 Å². The molecule has 0 fully saturated rings. The predicted octanol–water partition coefficient (Wildman–Crippen LogP) is 3.59. The number of fused-ring (bicyclic) bond motifs is 1. The first-order chi connectivity index (χ1) is 14.1. The van der Waals surface area contributed by atoms with Gasteiger partial charge in [0.15, 0.2) is 0 Å². The summed E-state index contributed by atoms with van der Waals surface area (Å²) in [4.78, 5) is 12.6. The number of amides is 1. The highest BCUT2D eigenvalue weighted by atomic mass is 32.2. The molecule has 0 bridgehead atoms. The molecule has 1 heterocycles. The van der Waals surface area contributed by atoms with Crippen LogP contribution in [0.3, 0.4) is 0 Å². The van der Waals surface area contributed by atoms with Crippen LogP contribution in [0.15, 0.2) is 53.6 Å². The van der Waals surface area contributed by atoms with E-state index < -0.39 is 15.9 Å². The Morgan fingerprint density at radius 2 is 1.90 bits per heavy atom. The first-order valence-corrected chi connectivity index (χ1v) is 10.8. The van der Waals surface area contributed by atoms with Crippen molar-refractivity contribution < 1.29 is 17.9 Å². The number of aromatic nitrogens is 1. The maximum Gasteiger partial charge on any atom is 0.268 e. The number of hydrogen-bond donors (Lipinski definition) is 1. The van der Waals surface area contributed by atoms with E-state index in [9.17, 15) is 13.2 Å². The largest absolute Gasteiger partial charge is 0.495 e. The molecular formula is C22H23N3O4S. The summed E-state index contributed by atoms with van der Waals surface area (Å²) < 4.78 is 35.0. The van der Waals surface area contributed by atoms with Gasteiger partial charge in [-0.2, -0.15) is 5.26 Å². The third-order valence-corrected chi connectivity index (χ3v) is 6.17. The molecule has 0 saturated carbocycles. The van der Waals surface area contributed by atoms with Gasteiger partial charge in [-0.05, 0) is 47.4 Å². The number of ether oxygens (including phenoxy) is 1. The summed E-state index contributed by atoms with van der Waals surface area (Å²) in [7, 11) is -2.78. The molecular weight excluding hydrogens is 402 g/mol. The van der Waals surface area contributed by atoms with E-state index in [0.29, 0.717) is 0 Å². The van der Waals surface area contributed by atoms with Crippen LogP contribution in [0.25, 0.3) is 10.9 Å². The molecule has 0 unspecified atom stereocenters. The Labute approximate surface area is 175 Å². The standard InChI is InChI=1S/C22H23N3O4S/c1-22(2,3)17-6-8-19(29-4)20(14-17)30(27,28)24-21(26)16-5-7-18-15(13-16)9-11-25(18)12-10-23/h5-9,11,13-14H,12H2,1-4H3,(H,24,26). The molecule has 0 aliphatic rings. The topological polar surface area (TPSA) is 101 Å². The molecule has 156 valence electrons. The van der Waals surface area contributed by atoms with Gasteiger partial charge in [-0.25, -0.2) is 13.1 Å². The third kappa shape index (κ3) is 4.16. The highest BCUT2D eigenvalue weighted by Crippen LogP contribution is 2.31. The summed E-state index contributed by atoms with van der Waals surface area (Å²) >= 11 is 0. The van der Waals surface area contributed by atoms with E-state index in [2.05, 4.69) is 10.8 Å². The lowest BCUT2D eigenvalue weighted by Gasteiger charge is -2.21. The van der Waals surface area contributed by atoms with E-state index in [4.69, 9.17) is 10.00 Å². The molecule has 0 spiro atoms. The van der Waals surface area contributed by atoms with E-state index in [1.54, 1.807) is 41.1 Å². The van der Waals surface area contributed by atoms with Gasteiger partial charge in [0.2, 0.25) is 0 Å². The van der Waals surface area contributed by atoms with Crippen LogP contribution in [0, 0.1) is 11.3 Å². The van der Waals surface area contributed by atoms with Crippen LogP contribution in [0.5, 0.6) is 5.75 Å². The van der Waals surface area contributed by atoms with Gasteiger partial charge in [-0.3, -0.25) is 4.79 Å². The second-order valence-electron chi connectivity index (χ2n) is 7.93. The number of methoxy groups -OCH3 is 1. The fourth-order valence-corrected chi connectivity index (χ4v) is 4.31. The van der Waals surface area contributed by atoms with Crippen LogP contribution in [-0.4, -0.2) is 26.0 Å². The van der Waals surface area contributed by atoms with Crippen LogP contribution in [0.2, 0.25) is 0 Å². The van der Waals surface area contributed by atoms with E-state index in [0.717, 1.165) is 16.5 Å². The molecule has 0 aliphatic carbocycles. The number of hydrogen-bond acceptors (Lipinski definition) is 5. The lowest BCUT2D eigenvalue weighted by Crippen LogP contribution is -2.31. The van der Waals surface area contributed by atoms with Crippen molar-refractivity contribution in [2.75, 3.05) is 7.11 Å². The Hall–Kier alpha value is -3.31. The van der Waals surface area contributed by atoms with Crippen molar-refractivity contribution in [1.82, 2.24) is 9.29 Å². The average Bonchev–Trinajstić information content (AvgIpc) is 3.09. The van der Waals surface area contributed by atoms with Gasteiger partial charge in [-0.15, -0.1) is 0 Å². The first kappa shape index (κ1) is 21.4. The number of nitrogens with zero attached hydrogens (tertiary/aromatic N) is 2. The molecule has 0 aliphatic heterocycles. The normalized spacial score (nSPS) is 11.8. The Morgan fingerprint density at radius 1 is 1.17 bits per heavy atom. The quantitative estimate of drug-likeness (QED) is 0.673. The van der Waals surface area contributed by atoms with Gasteiger partial charge in [0.25, 0.3) is 15.9 Å². The zero-order valence-electron chi connectivity index (χ0n) is 17.3. The van der Waals surface area contributed by atoms with Crippen molar-refractivity contribution in [3.8, 4) is 11.8 Å². The third-order valence-electron chi connectivity index (χ3n) is 4.82. The van der Waals surface area contributed by atoms with Gasteiger partial charge in [0.1, 0.15) is 17.2 Å². The smallest absolute Gasteiger partial charge is 0.268 e. The molecule has 1 aromatic heterocycles. The van der Waals surface area contributed by atoms with E-state index in [1.165, 1.54) is 19.2 Å². The van der Waals surface area contributed by atoms with Gasteiger partial charge in [0, 0.05) is 22.7 Å². The van der Waals surface area contributed by atoms with Crippen LogP contribution in [-0.2, 0) is 22.0 Å². The molecule has 1 N–H and O–H groups in total. The Balaban J connectivity index is 1.94. The molecule has 8 heteroatoms. The number of benzene rings is 2. The van der Waals surface area contributed by atoms with Crippen molar-refractivity contribution in [3.05, 3.63) is 59.8 Å². The van der Waals surface area contributed by atoms with Gasteiger partial charge >= 0.3 is 0 Å². The summed E-state index contributed by atoms with van der Waals surface area (Å²) in [5.41, 5.74) is 1.51. The number of nitrogens with one attached hydrogen (secondary N) is 1. The average molecular weight is 426 g/mol. The summed E-state index contributed by atoms with van der Waals surface area (Å²) in [5.74, 6) is -0.583. The van der Waals surface area contributed by atoms with Crippen molar-refractivity contribution in [2.45, 2.75) is 37.6 Å². The van der Waals surface area contributed by atoms with E-state index in [-0.39, 0.29) is 28.2 Å². The van der Waals surface area contributed by atoms with Gasteiger partial charge < -0.3 is 9.30 Å². The van der Waals surface area contributed by atoms with Crippen LogP contribution in [0.4, 0.5) is 0 Å². The minimum atomic E-state index is -4.16. The maximum absolute atomic E-state index is 13.0. The number of nitriles is 1. The number of carbonyl (C=O) groups excluding carboxylic acids is 1. The second-order valence-corrected chi connectivity index (χ2v) is 9.58. The zero-order chi connectivity index (χ0) is 22.1. The maximum atomic E-state index is 13.0. The second kappa shape index (κ2) is 7.84. The molecule has 0 radical (unpaired) electrons. The predicted molar refractivity (Wildman–Crippen MR) is 114 cm³/mol. The summed E-state index contributed by atoms with van der Waals surface area (Å²) in [5, 5.41) is 9.62. The Morgan fingerprint density at radius 3 is 2.53 bits per heavy atom. The lowest BCUT2D eigenvalue weighted by atomic mass is 9.87. The molecule has 0 atom stereocenters. The lowest BCUT2D eigenvalue weighted by molar-refractivity contribution is 0.0981. The SMILES string of the molecule is COc1ccc(C(C)(C)C)cc1S(=O)(=O)NC(=O)c1ccc2c(ccn2CC#N)c1. The van der Waals surface area contributed by atoms with Crippen LogP contribution >= 0.6 is 0 Å². The number of sulfonamides is 1. The first-order valence-electron chi connectivity index (χ1n) is 9.28. The van der Waals surface area contributed by atoms with Crippen molar-refractivity contribution in [2.24, 2.45) is 0 Å². The summed E-state index contributed by atoms with van der Waals surface area (Å²) in [6.07, 6.45) is 1.75. The minimum Gasteiger partial charge on any atom is -0.495 e. The molecule has 30 heavy (non-hydrogen) atoms. The highest BCUT2D eigenvalue weighted by Gasteiger charge is 2.26. The zero-order valence-corrected chi connectivity index (χ0v) is 18.1. The van der Waals surface area contributed by atoms with Crippen molar-refractivity contribution in [1.29, 1.82) is 5.26 Å². The van der Waals surface area contributed by atoms with Gasteiger partial charge in [-0.1, -0.05) is 26.8 Å². The molecule has 3 aromatic rings. The number of rotatable bonds is 5. The summed E-state index contributed by atoms with van der Waals surface area (Å²) in [6.45, 7) is 6.10. The molecule has 1 amide bonds. The molecule has 3 rings (SSSR count). The van der Waals surface area contributed by atoms with Crippen molar-refractivity contribution in [3.63, 3.8) is 0 Å². The summed E-state index contributed by atoms with van der Waals surface area (Å²) in [6, 6.07) is 13.6. The number of carbonyl (C=O) groups is 1.